The fourth-order valence-corrected chi connectivity index (χ4v) is 3.20. The van der Waals surface area contributed by atoms with Crippen LogP contribution in [-0.4, -0.2) is 35.0 Å². The molecule has 2 heterocycles. The number of aliphatic imine (C=N–C) groups is 1. The minimum absolute atomic E-state index is 0.0211. The molecule has 0 unspecified atom stereocenters. The van der Waals surface area contributed by atoms with Gasteiger partial charge in [0.05, 0.1) is 36.5 Å². The maximum Gasteiger partial charge on any atom is 0.331 e. The smallest absolute Gasteiger partial charge is 0.331 e. The SMILES string of the molecule is COC(=O)/C=C1/SC(=Nc2ccc(C(=O)[O-])cc2)N(Cc2ccco2)C1=O. The van der Waals surface area contributed by atoms with Gasteiger partial charge in [-0.05, 0) is 41.6 Å². The molecule has 1 amide bonds. The largest absolute Gasteiger partial charge is 0.545 e. The van der Waals surface area contributed by atoms with Gasteiger partial charge in [0.2, 0.25) is 0 Å². The predicted molar refractivity (Wildman–Crippen MR) is 94.8 cm³/mol. The van der Waals surface area contributed by atoms with Crippen LogP contribution in [0.3, 0.4) is 0 Å². The van der Waals surface area contributed by atoms with Crippen molar-refractivity contribution in [2.75, 3.05) is 7.11 Å². The number of carbonyl (C=O) groups excluding carboxylic acids is 3. The maximum absolute atomic E-state index is 12.6. The first-order valence-electron chi connectivity index (χ1n) is 7.70. The summed E-state index contributed by atoms with van der Waals surface area (Å²) in [7, 11) is 1.22. The first kappa shape index (κ1) is 18.5. The van der Waals surface area contributed by atoms with Gasteiger partial charge in [-0.1, -0.05) is 12.1 Å². The molecule has 138 valence electrons. The van der Waals surface area contributed by atoms with E-state index >= 15 is 0 Å². The number of nitrogens with zero attached hydrogens (tertiary/aromatic N) is 2. The number of carboxylic acid groups (broad SMARTS) is 1. The Balaban J connectivity index is 1.93. The third-order valence-electron chi connectivity index (χ3n) is 3.56. The molecule has 0 atom stereocenters. The molecule has 0 radical (unpaired) electrons. The number of benzene rings is 1. The quantitative estimate of drug-likeness (QED) is 0.566. The van der Waals surface area contributed by atoms with Crippen molar-refractivity contribution in [2.45, 2.75) is 6.54 Å². The first-order valence-corrected chi connectivity index (χ1v) is 8.51. The lowest BCUT2D eigenvalue weighted by Gasteiger charge is -2.13. The van der Waals surface area contributed by atoms with E-state index in [0.29, 0.717) is 16.6 Å². The molecule has 1 aliphatic heterocycles. The van der Waals surface area contributed by atoms with Gasteiger partial charge in [0.25, 0.3) is 5.91 Å². The van der Waals surface area contributed by atoms with Crippen LogP contribution in [-0.2, 0) is 20.9 Å². The van der Waals surface area contributed by atoms with Crippen LogP contribution >= 0.6 is 11.8 Å². The normalized spacial score (nSPS) is 16.9. The van der Waals surface area contributed by atoms with Crippen molar-refractivity contribution in [2.24, 2.45) is 4.99 Å². The van der Waals surface area contributed by atoms with Crippen LogP contribution in [0.1, 0.15) is 16.1 Å². The zero-order valence-corrected chi connectivity index (χ0v) is 14.9. The van der Waals surface area contributed by atoms with Crippen LogP contribution in [0.4, 0.5) is 5.69 Å². The molecule has 9 heteroatoms. The number of rotatable bonds is 5. The van der Waals surface area contributed by atoms with Crippen molar-refractivity contribution in [3.8, 4) is 0 Å². The fraction of sp³-hybridized carbons (Fsp3) is 0.111. The van der Waals surface area contributed by atoms with Crippen LogP contribution in [0.5, 0.6) is 0 Å². The fourth-order valence-electron chi connectivity index (χ4n) is 2.24. The van der Waals surface area contributed by atoms with Crippen LogP contribution in [0.2, 0.25) is 0 Å². The van der Waals surface area contributed by atoms with E-state index in [4.69, 9.17) is 4.42 Å². The average Bonchev–Trinajstić information content (AvgIpc) is 3.26. The third-order valence-corrected chi connectivity index (χ3v) is 4.57. The number of amidine groups is 1. The number of hydrogen-bond donors (Lipinski definition) is 0. The lowest BCUT2D eigenvalue weighted by atomic mass is 10.2. The lowest BCUT2D eigenvalue weighted by Crippen LogP contribution is -2.28. The lowest BCUT2D eigenvalue weighted by molar-refractivity contribution is -0.255. The molecular weight excluding hydrogens is 372 g/mol. The topological polar surface area (TPSA) is 112 Å². The number of amides is 1. The van der Waals surface area contributed by atoms with Gasteiger partial charge in [-0.3, -0.25) is 9.69 Å². The summed E-state index contributed by atoms with van der Waals surface area (Å²) >= 11 is 1.01. The number of hydrogen-bond acceptors (Lipinski definition) is 8. The highest BCUT2D eigenvalue weighted by Gasteiger charge is 2.34. The maximum atomic E-state index is 12.6. The number of carbonyl (C=O) groups is 3. The predicted octanol–water partition coefficient (Wildman–Crippen LogP) is 1.46. The summed E-state index contributed by atoms with van der Waals surface area (Å²) in [5.74, 6) is -1.80. The Labute approximate surface area is 158 Å². The Kier molecular flexibility index (Phi) is 5.41. The van der Waals surface area contributed by atoms with E-state index < -0.39 is 17.8 Å². The van der Waals surface area contributed by atoms with Crippen LogP contribution < -0.4 is 5.11 Å². The number of thioether (sulfide) groups is 1. The van der Waals surface area contributed by atoms with E-state index in [1.807, 2.05) is 0 Å². The number of aromatic carboxylic acids is 1. The van der Waals surface area contributed by atoms with Gasteiger partial charge in [-0.15, -0.1) is 0 Å². The summed E-state index contributed by atoms with van der Waals surface area (Å²) in [5, 5.41) is 11.2. The van der Waals surface area contributed by atoms with Crippen molar-refractivity contribution in [3.05, 3.63) is 65.0 Å². The summed E-state index contributed by atoms with van der Waals surface area (Å²) in [4.78, 5) is 40.9. The molecule has 8 nitrogen and oxygen atoms in total. The highest BCUT2D eigenvalue weighted by atomic mass is 32.2. The Morgan fingerprint density at radius 3 is 2.63 bits per heavy atom. The standard InChI is InChI=1S/C18H14N2O6S/c1-25-15(21)9-14-16(22)20(10-13-3-2-8-26-13)18(27-14)19-12-6-4-11(5-7-12)17(23)24/h2-9H,10H2,1H3,(H,23,24)/p-1/b14-9+,19-18?. The Morgan fingerprint density at radius 1 is 1.30 bits per heavy atom. The number of furan rings is 1. The number of methoxy groups -OCH3 is 1. The molecule has 3 rings (SSSR count). The molecule has 27 heavy (non-hydrogen) atoms. The summed E-state index contributed by atoms with van der Waals surface area (Å²) < 4.78 is 9.85. The zero-order valence-electron chi connectivity index (χ0n) is 14.1. The Morgan fingerprint density at radius 2 is 2.04 bits per heavy atom. The Bertz CT molecular complexity index is 931. The molecule has 1 fully saturated rings. The summed E-state index contributed by atoms with van der Waals surface area (Å²) in [6.45, 7) is 0.132. The first-order chi connectivity index (χ1) is 13.0. The molecule has 0 N–H and O–H groups in total. The molecule has 0 bridgehead atoms. The van der Waals surface area contributed by atoms with Crippen molar-refractivity contribution in [1.82, 2.24) is 4.90 Å². The molecular formula is C18H13N2O6S-. The summed E-state index contributed by atoms with van der Waals surface area (Å²) in [5.41, 5.74) is 0.465. The van der Waals surface area contributed by atoms with Gasteiger partial charge in [0, 0.05) is 6.08 Å². The van der Waals surface area contributed by atoms with E-state index in [9.17, 15) is 19.5 Å². The average molecular weight is 385 g/mol. The Hall–Kier alpha value is -3.33. The van der Waals surface area contributed by atoms with Crippen molar-refractivity contribution >= 4 is 40.5 Å². The van der Waals surface area contributed by atoms with Gasteiger partial charge in [0.15, 0.2) is 5.17 Å². The van der Waals surface area contributed by atoms with Crippen LogP contribution in [0.25, 0.3) is 0 Å². The van der Waals surface area contributed by atoms with E-state index in [-0.39, 0.29) is 17.0 Å². The van der Waals surface area contributed by atoms with Crippen molar-refractivity contribution in [3.63, 3.8) is 0 Å². The molecule has 0 saturated carbocycles. The van der Waals surface area contributed by atoms with Crippen LogP contribution in [0.15, 0.2) is 63.1 Å². The van der Waals surface area contributed by atoms with E-state index in [1.165, 1.54) is 42.5 Å². The summed E-state index contributed by atoms with van der Waals surface area (Å²) in [6.07, 6.45) is 2.59. The van der Waals surface area contributed by atoms with Gasteiger partial charge < -0.3 is 19.1 Å². The molecule has 1 aromatic carbocycles. The third kappa shape index (κ3) is 4.26. The molecule has 1 aromatic heterocycles. The monoisotopic (exact) mass is 385 g/mol. The second-order valence-electron chi connectivity index (χ2n) is 5.33. The minimum atomic E-state index is -1.29. The second-order valence-corrected chi connectivity index (χ2v) is 6.34. The number of esters is 1. The molecule has 1 saturated heterocycles. The van der Waals surface area contributed by atoms with E-state index in [1.54, 1.807) is 12.1 Å². The second kappa shape index (κ2) is 7.92. The minimum Gasteiger partial charge on any atom is -0.545 e. The van der Waals surface area contributed by atoms with Crippen molar-refractivity contribution < 1.29 is 28.6 Å². The van der Waals surface area contributed by atoms with Gasteiger partial charge in [0.1, 0.15) is 5.76 Å². The zero-order chi connectivity index (χ0) is 19.4. The van der Waals surface area contributed by atoms with Gasteiger partial charge >= 0.3 is 5.97 Å². The van der Waals surface area contributed by atoms with E-state index in [2.05, 4.69) is 9.73 Å². The van der Waals surface area contributed by atoms with Crippen molar-refractivity contribution in [1.29, 1.82) is 0 Å². The number of ether oxygens (including phenoxy) is 1. The molecule has 0 aliphatic carbocycles. The molecule has 1 aliphatic rings. The van der Waals surface area contributed by atoms with Gasteiger partial charge in [-0.2, -0.15) is 0 Å². The van der Waals surface area contributed by atoms with E-state index in [0.717, 1.165) is 17.8 Å². The summed E-state index contributed by atoms with van der Waals surface area (Å²) in [6, 6.07) is 9.12. The van der Waals surface area contributed by atoms with Gasteiger partial charge in [-0.25, -0.2) is 9.79 Å². The van der Waals surface area contributed by atoms with Crippen LogP contribution in [0, 0.1) is 0 Å². The highest BCUT2D eigenvalue weighted by molar-refractivity contribution is 8.18. The molecule has 2 aromatic rings. The molecule has 0 spiro atoms. The number of carboxylic acids is 1. The highest BCUT2D eigenvalue weighted by Crippen LogP contribution is 2.34.